The maximum Gasteiger partial charge on any atom is 0.319 e. The molecule has 0 saturated heterocycles. The van der Waals surface area contributed by atoms with E-state index in [4.69, 9.17) is 19.9 Å². The Labute approximate surface area is 163 Å². The van der Waals surface area contributed by atoms with E-state index in [1.165, 1.54) is 21.3 Å². The molecule has 0 radical (unpaired) electrons. The second-order valence-corrected chi connectivity index (χ2v) is 5.47. The molecule has 8 nitrogen and oxygen atoms in total. The third-order valence-electron chi connectivity index (χ3n) is 3.66. The standard InChI is InChI=1S/C20H21N3O5/c1-26-16-11-15(12-17(27-2)18(16)28-3)23-20(25)22-10-4-5-13-6-8-14(9-7-13)19(21)24/h6-9,11-12H,10H2,1-3H3,(H2,21,24)(H2,22,23,25). The molecule has 2 aromatic carbocycles. The van der Waals surface area contributed by atoms with Gasteiger partial charge in [0.05, 0.1) is 33.6 Å². The van der Waals surface area contributed by atoms with Crippen molar-refractivity contribution in [2.24, 2.45) is 5.73 Å². The summed E-state index contributed by atoms with van der Waals surface area (Å²) in [5, 5.41) is 5.30. The van der Waals surface area contributed by atoms with Crippen molar-refractivity contribution in [3.8, 4) is 29.1 Å². The van der Waals surface area contributed by atoms with Crippen molar-refractivity contribution in [1.82, 2.24) is 5.32 Å². The molecule has 0 spiro atoms. The van der Waals surface area contributed by atoms with E-state index in [0.29, 0.717) is 34.1 Å². The molecule has 0 heterocycles. The lowest BCUT2D eigenvalue weighted by Crippen LogP contribution is -2.28. The van der Waals surface area contributed by atoms with Gasteiger partial charge in [0.15, 0.2) is 11.5 Å². The number of carbonyl (C=O) groups is 2. The van der Waals surface area contributed by atoms with E-state index in [-0.39, 0.29) is 6.54 Å². The summed E-state index contributed by atoms with van der Waals surface area (Å²) in [5.74, 6) is 6.50. The number of nitrogens with two attached hydrogens (primary N) is 1. The Hall–Kier alpha value is -3.86. The molecule has 0 saturated carbocycles. The molecule has 0 unspecified atom stereocenters. The minimum Gasteiger partial charge on any atom is -0.493 e. The van der Waals surface area contributed by atoms with Crippen LogP contribution in [0.15, 0.2) is 36.4 Å². The Kier molecular flexibility index (Phi) is 7.11. The summed E-state index contributed by atoms with van der Waals surface area (Å²) in [4.78, 5) is 23.1. The van der Waals surface area contributed by atoms with Gasteiger partial charge in [0.2, 0.25) is 11.7 Å². The number of hydrogen-bond acceptors (Lipinski definition) is 5. The Morgan fingerprint density at radius 3 is 2.11 bits per heavy atom. The molecule has 2 rings (SSSR count). The van der Waals surface area contributed by atoms with Gasteiger partial charge in [-0.2, -0.15) is 0 Å². The van der Waals surface area contributed by atoms with E-state index in [1.54, 1.807) is 36.4 Å². The summed E-state index contributed by atoms with van der Waals surface area (Å²) in [5.41, 5.74) is 6.77. The maximum atomic E-state index is 12.0. The Bertz CT molecular complexity index is 889. The van der Waals surface area contributed by atoms with Gasteiger partial charge in [-0.3, -0.25) is 4.79 Å². The van der Waals surface area contributed by atoms with Gasteiger partial charge in [-0.15, -0.1) is 0 Å². The molecular weight excluding hydrogens is 362 g/mol. The molecule has 0 aliphatic rings. The fraction of sp³-hybridized carbons (Fsp3) is 0.200. The van der Waals surface area contributed by atoms with Crippen LogP contribution in [0.25, 0.3) is 0 Å². The second-order valence-electron chi connectivity index (χ2n) is 5.47. The fourth-order valence-electron chi connectivity index (χ4n) is 2.32. The number of nitrogens with one attached hydrogen (secondary N) is 2. The van der Waals surface area contributed by atoms with Crippen molar-refractivity contribution in [2.45, 2.75) is 0 Å². The Morgan fingerprint density at radius 2 is 1.61 bits per heavy atom. The average Bonchev–Trinajstić information content (AvgIpc) is 2.70. The van der Waals surface area contributed by atoms with Gasteiger partial charge in [0, 0.05) is 23.3 Å². The summed E-state index contributed by atoms with van der Waals surface area (Å²) in [7, 11) is 4.49. The van der Waals surface area contributed by atoms with Gasteiger partial charge in [-0.05, 0) is 24.3 Å². The molecule has 3 amide bonds. The van der Waals surface area contributed by atoms with E-state index in [9.17, 15) is 9.59 Å². The van der Waals surface area contributed by atoms with E-state index < -0.39 is 11.9 Å². The molecule has 2 aromatic rings. The van der Waals surface area contributed by atoms with Crippen molar-refractivity contribution in [2.75, 3.05) is 33.2 Å². The smallest absolute Gasteiger partial charge is 0.319 e. The highest BCUT2D eigenvalue weighted by atomic mass is 16.5. The number of amides is 3. The fourth-order valence-corrected chi connectivity index (χ4v) is 2.32. The lowest BCUT2D eigenvalue weighted by atomic mass is 10.1. The lowest BCUT2D eigenvalue weighted by molar-refractivity contribution is 0.1000. The second kappa shape index (κ2) is 9.73. The molecule has 8 heteroatoms. The van der Waals surface area contributed by atoms with Crippen LogP contribution in [0.5, 0.6) is 17.2 Å². The summed E-state index contributed by atoms with van der Waals surface area (Å²) in [6.45, 7) is 0.133. The lowest BCUT2D eigenvalue weighted by Gasteiger charge is -2.14. The van der Waals surface area contributed by atoms with Gasteiger partial charge >= 0.3 is 6.03 Å². The van der Waals surface area contributed by atoms with Crippen LogP contribution in [-0.4, -0.2) is 39.8 Å². The Balaban J connectivity index is 1.95. The minimum atomic E-state index is -0.496. The molecule has 0 bridgehead atoms. The molecule has 4 N–H and O–H groups in total. The maximum absolute atomic E-state index is 12.0. The first-order chi connectivity index (χ1) is 13.5. The quantitative estimate of drug-likeness (QED) is 0.661. The summed E-state index contributed by atoms with van der Waals surface area (Å²) < 4.78 is 15.7. The topological polar surface area (TPSA) is 112 Å². The van der Waals surface area contributed by atoms with Gasteiger partial charge in [-0.1, -0.05) is 11.8 Å². The number of methoxy groups -OCH3 is 3. The van der Waals surface area contributed by atoms with Crippen LogP contribution in [0.4, 0.5) is 10.5 Å². The van der Waals surface area contributed by atoms with Crippen LogP contribution < -0.4 is 30.6 Å². The number of benzene rings is 2. The van der Waals surface area contributed by atoms with Crippen molar-refractivity contribution in [3.63, 3.8) is 0 Å². The van der Waals surface area contributed by atoms with Gasteiger partial charge in [0.1, 0.15) is 0 Å². The number of carbonyl (C=O) groups excluding carboxylic acids is 2. The highest BCUT2D eigenvalue weighted by molar-refractivity contribution is 5.92. The van der Waals surface area contributed by atoms with E-state index >= 15 is 0 Å². The monoisotopic (exact) mass is 383 g/mol. The third-order valence-corrected chi connectivity index (χ3v) is 3.66. The molecular formula is C20H21N3O5. The minimum absolute atomic E-state index is 0.133. The first-order valence-electron chi connectivity index (χ1n) is 8.22. The van der Waals surface area contributed by atoms with Crippen LogP contribution in [0.2, 0.25) is 0 Å². The largest absolute Gasteiger partial charge is 0.493 e. The Morgan fingerprint density at radius 1 is 1.00 bits per heavy atom. The zero-order chi connectivity index (χ0) is 20.5. The zero-order valence-corrected chi connectivity index (χ0v) is 15.8. The molecule has 146 valence electrons. The molecule has 28 heavy (non-hydrogen) atoms. The van der Waals surface area contributed by atoms with Crippen LogP contribution in [0.1, 0.15) is 15.9 Å². The number of primary amides is 1. The normalized spacial score (nSPS) is 9.54. The highest BCUT2D eigenvalue weighted by Gasteiger charge is 2.14. The van der Waals surface area contributed by atoms with Crippen molar-refractivity contribution >= 4 is 17.6 Å². The average molecular weight is 383 g/mol. The first-order valence-corrected chi connectivity index (χ1v) is 8.22. The first kappa shape index (κ1) is 20.5. The molecule has 0 atom stereocenters. The van der Waals surface area contributed by atoms with Crippen LogP contribution in [-0.2, 0) is 0 Å². The third kappa shape index (κ3) is 5.32. The highest BCUT2D eigenvalue weighted by Crippen LogP contribution is 2.39. The number of ether oxygens (including phenoxy) is 3. The van der Waals surface area contributed by atoms with E-state index in [2.05, 4.69) is 22.5 Å². The van der Waals surface area contributed by atoms with Gasteiger partial charge in [-0.25, -0.2) is 4.79 Å². The summed E-state index contributed by atoms with van der Waals surface area (Å²) in [6, 6.07) is 9.35. The zero-order valence-electron chi connectivity index (χ0n) is 15.8. The van der Waals surface area contributed by atoms with Crippen molar-refractivity contribution < 1.29 is 23.8 Å². The van der Waals surface area contributed by atoms with Crippen LogP contribution in [0.3, 0.4) is 0 Å². The van der Waals surface area contributed by atoms with Crippen LogP contribution >= 0.6 is 0 Å². The van der Waals surface area contributed by atoms with E-state index in [0.717, 1.165) is 0 Å². The number of rotatable bonds is 6. The predicted octanol–water partition coefficient (Wildman–Crippen LogP) is 1.98. The SMILES string of the molecule is COc1cc(NC(=O)NCC#Cc2ccc(C(N)=O)cc2)cc(OC)c1OC. The van der Waals surface area contributed by atoms with E-state index in [1.807, 2.05) is 0 Å². The van der Waals surface area contributed by atoms with Gasteiger partial charge in [0.25, 0.3) is 0 Å². The number of hydrogen-bond donors (Lipinski definition) is 3. The summed E-state index contributed by atoms with van der Waals surface area (Å²) >= 11 is 0. The summed E-state index contributed by atoms with van der Waals surface area (Å²) in [6.07, 6.45) is 0. The number of anilines is 1. The molecule has 0 aliphatic heterocycles. The van der Waals surface area contributed by atoms with Crippen LogP contribution in [0, 0.1) is 11.8 Å². The van der Waals surface area contributed by atoms with Crippen molar-refractivity contribution in [1.29, 1.82) is 0 Å². The van der Waals surface area contributed by atoms with Gasteiger partial charge < -0.3 is 30.6 Å². The molecule has 0 aliphatic carbocycles. The van der Waals surface area contributed by atoms with Crippen molar-refractivity contribution in [3.05, 3.63) is 47.5 Å². The number of urea groups is 1. The predicted molar refractivity (Wildman–Crippen MR) is 105 cm³/mol. The molecule has 0 fully saturated rings. The molecule has 0 aromatic heterocycles.